The number of thioether (sulfide) groups is 1. The average Bonchev–Trinajstić information content (AvgIpc) is 2.89. The van der Waals surface area contributed by atoms with Crippen molar-refractivity contribution in [2.75, 3.05) is 12.0 Å². The van der Waals surface area contributed by atoms with Gasteiger partial charge in [0.25, 0.3) is 0 Å². The van der Waals surface area contributed by atoms with Gasteiger partial charge in [-0.25, -0.2) is 9.78 Å². The van der Waals surface area contributed by atoms with Crippen LogP contribution in [0.4, 0.5) is 0 Å². The molecule has 0 unspecified atom stereocenters. The van der Waals surface area contributed by atoms with Crippen LogP contribution in [0.1, 0.15) is 12.1 Å². The number of aliphatic carboxylic acids is 2. The molecule has 23 heavy (non-hydrogen) atoms. The number of carboxylic acid groups (broad SMARTS) is 2. The lowest BCUT2D eigenvalue weighted by Gasteiger charge is -2.08. The summed E-state index contributed by atoms with van der Waals surface area (Å²) in [4.78, 5) is 34.5. The maximum atomic E-state index is 10.4. The standard InChI is InChI=1S/C7H11N3O2.C6H11NO3S/c1-10-4-9-3-5(10)2-6(8)7(11)12;1-11-3-2-5(6(9)10)7-4-8/h3-4,6H,2,8H2,1H3,(H,11,12);4-5H,2-3H2,1H3,(H,7,8)(H,9,10)/t6-;5-/m00/s1. The van der Waals surface area contributed by atoms with E-state index < -0.39 is 24.0 Å². The van der Waals surface area contributed by atoms with Crippen LogP contribution in [0.5, 0.6) is 0 Å². The maximum Gasteiger partial charge on any atom is 0.326 e. The van der Waals surface area contributed by atoms with E-state index in [4.69, 9.17) is 15.9 Å². The van der Waals surface area contributed by atoms with Crippen LogP contribution in [0.15, 0.2) is 12.5 Å². The van der Waals surface area contributed by atoms with Gasteiger partial charge in [0.1, 0.15) is 12.1 Å². The molecule has 0 aromatic carbocycles. The highest BCUT2D eigenvalue weighted by atomic mass is 32.2. The number of nitrogens with one attached hydrogen (secondary N) is 1. The third-order valence-corrected chi connectivity index (χ3v) is 3.48. The summed E-state index contributed by atoms with van der Waals surface area (Å²) in [6, 6.07) is -1.58. The summed E-state index contributed by atoms with van der Waals surface area (Å²) in [5.74, 6) is -1.24. The predicted molar refractivity (Wildman–Crippen MR) is 86.1 cm³/mol. The van der Waals surface area contributed by atoms with Crippen molar-refractivity contribution in [3.63, 3.8) is 0 Å². The van der Waals surface area contributed by atoms with Gasteiger partial charge in [-0.2, -0.15) is 11.8 Å². The SMILES string of the molecule is CSCC[C@H](NC=O)C(=O)O.Cn1cncc1C[C@H](N)C(=O)O. The molecule has 0 fully saturated rings. The summed E-state index contributed by atoms with van der Waals surface area (Å²) in [7, 11) is 1.80. The number of carboxylic acids is 2. The zero-order chi connectivity index (χ0) is 17.8. The number of carbonyl (C=O) groups is 3. The minimum absolute atomic E-state index is 0.311. The lowest BCUT2D eigenvalue weighted by atomic mass is 10.2. The molecule has 1 amide bonds. The number of aromatic nitrogens is 2. The number of rotatable bonds is 9. The number of amides is 1. The van der Waals surface area contributed by atoms with Gasteiger partial charge in [-0.1, -0.05) is 0 Å². The molecule has 10 heteroatoms. The third kappa shape index (κ3) is 8.83. The van der Waals surface area contributed by atoms with E-state index in [1.54, 1.807) is 35.9 Å². The first-order valence-electron chi connectivity index (χ1n) is 6.68. The van der Waals surface area contributed by atoms with E-state index >= 15 is 0 Å². The fourth-order valence-corrected chi connectivity index (χ4v) is 1.96. The van der Waals surface area contributed by atoms with Crippen molar-refractivity contribution in [3.05, 3.63) is 18.2 Å². The number of hydrogen-bond donors (Lipinski definition) is 4. The Hall–Kier alpha value is -2.07. The second-order valence-electron chi connectivity index (χ2n) is 4.60. The Morgan fingerprint density at radius 1 is 1.48 bits per heavy atom. The predicted octanol–water partition coefficient (Wildman–Crippen LogP) is -0.687. The Kier molecular flexibility index (Phi) is 10.5. The summed E-state index contributed by atoms with van der Waals surface area (Å²) < 4.78 is 1.75. The minimum Gasteiger partial charge on any atom is -0.480 e. The van der Waals surface area contributed by atoms with E-state index in [9.17, 15) is 14.4 Å². The highest BCUT2D eigenvalue weighted by Crippen LogP contribution is 2.00. The van der Waals surface area contributed by atoms with Crippen molar-refractivity contribution in [2.45, 2.75) is 24.9 Å². The van der Waals surface area contributed by atoms with Crippen molar-refractivity contribution < 1.29 is 24.6 Å². The molecule has 1 rings (SSSR count). The third-order valence-electron chi connectivity index (χ3n) is 2.84. The van der Waals surface area contributed by atoms with Crippen molar-refractivity contribution in [3.8, 4) is 0 Å². The lowest BCUT2D eigenvalue weighted by molar-refractivity contribution is -0.140. The number of imidazole rings is 1. The van der Waals surface area contributed by atoms with E-state index in [1.165, 1.54) is 0 Å². The number of hydrogen-bond acceptors (Lipinski definition) is 6. The fourth-order valence-electron chi connectivity index (χ4n) is 1.49. The molecule has 2 atom stereocenters. The zero-order valence-corrected chi connectivity index (χ0v) is 13.8. The van der Waals surface area contributed by atoms with Crippen molar-refractivity contribution in [2.24, 2.45) is 12.8 Å². The summed E-state index contributed by atoms with van der Waals surface area (Å²) >= 11 is 1.55. The summed E-state index contributed by atoms with van der Waals surface area (Å²) in [5, 5.41) is 19.2. The second-order valence-corrected chi connectivity index (χ2v) is 5.59. The number of nitrogens with two attached hydrogens (primary N) is 1. The van der Waals surface area contributed by atoms with Crippen LogP contribution >= 0.6 is 11.8 Å². The lowest BCUT2D eigenvalue weighted by Crippen LogP contribution is -2.36. The maximum absolute atomic E-state index is 10.4. The van der Waals surface area contributed by atoms with Gasteiger partial charge in [0.2, 0.25) is 6.41 Å². The number of aryl methyl sites for hydroxylation is 1. The minimum atomic E-state index is -0.990. The molecular weight excluding hydrogens is 324 g/mol. The van der Waals surface area contributed by atoms with E-state index in [0.29, 0.717) is 19.3 Å². The fraction of sp³-hybridized carbons (Fsp3) is 0.538. The first-order chi connectivity index (χ1) is 10.8. The topological polar surface area (TPSA) is 148 Å². The molecule has 0 saturated heterocycles. The molecule has 0 spiro atoms. The Bertz CT molecular complexity index is 508. The molecular formula is C13H22N4O5S. The number of nitrogens with zero attached hydrogens (tertiary/aromatic N) is 2. The van der Waals surface area contributed by atoms with Crippen molar-refractivity contribution >= 4 is 30.1 Å². The van der Waals surface area contributed by atoms with Gasteiger partial charge < -0.3 is 25.8 Å². The monoisotopic (exact) mass is 346 g/mol. The van der Waals surface area contributed by atoms with E-state index in [1.807, 2.05) is 6.26 Å². The van der Waals surface area contributed by atoms with Crippen LogP contribution in [0.2, 0.25) is 0 Å². The molecule has 9 nitrogen and oxygen atoms in total. The molecule has 0 aliphatic rings. The van der Waals surface area contributed by atoms with E-state index in [0.717, 1.165) is 11.4 Å². The largest absolute Gasteiger partial charge is 0.480 e. The van der Waals surface area contributed by atoms with E-state index in [2.05, 4.69) is 10.3 Å². The van der Waals surface area contributed by atoms with Gasteiger partial charge in [0.05, 0.1) is 6.33 Å². The van der Waals surface area contributed by atoms with Crippen LogP contribution in [-0.4, -0.2) is 62.2 Å². The van der Waals surface area contributed by atoms with E-state index in [-0.39, 0.29) is 0 Å². The first kappa shape index (κ1) is 20.9. The Balaban J connectivity index is 0.000000423. The molecule has 1 aromatic rings. The Morgan fingerprint density at radius 3 is 2.52 bits per heavy atom. The van der Waals surface area contributed by atoms with Crippen molar-refractivity contribution in [1.82, 2.24) is 14.9 Å². The molecule has 0 saturated carbocycles. The second kappa shape index (κ2) is 11.5. The Morgan fingerprint density at radius 2 is 2.13 bits per heavy atom. The molecule has 5 N–H and O–H groups in total. The van der Waals surface area contributed by atoms with Gasteiger partial charge in [-0.15, -0.1) is 0 Å². The van der Waals surface area contributed by atoms with Crippen LogP contribution in [0, 0.1) is 0 Å². The van der Waals surface area contributed by atoms with Crippen LogP contribution in [0.3, 0.4) is 0 Å². The first-order valence-corrected chi connectivity index (χ1v) is 8.07. The normalized spacial score (nSPS) is 12.5. The van der Waals surface area contributed by atoms with Crippen LogP contribution < -0.4 is 11.1 Å². The van der Waals surface area contributed by atoms with Gasteiger partial charge in [0, 0.05) is 25.4 Å². The molecule has 0 aliphatic carbocycles. The molecule has 0 bridgehead atoms. The van der Waals surface area contributed by atoms with Crippen molar-refractivity contribution in [1.29, 1.82) is 0 Å². The molecule has 1 heterocycles. The number of carbonyl (C=O) groups excluding carboxylic acids is 1. The van der Waals surface area contributed by atoms with Crippen LogP contribution in [0.25, 0.3) is 0 Å². The molecule has 0 radical (unpaired) electrons. The highest BCUT2D eigenvalue weighted by molar-refractivity contribution is 7.98. The van der Waals surface area contributed by atoms with Crippen LogP contribution in [-0.2, 0) is 27.9 Å². The average molecular weight is 346 g/mol. The quantitative estimate of drug-likeness (QED) is 0.430. The van der Waals surface area contributed by atoms with Gasteiger partial charge >= 0.3 is 11.9 Å². The highest BCUT2D eigenvalue weighted by Gasteiger charge is 2.14. The zero-order valence-electron chi connectivity index (χ0n) is 13.0. The van der Waals surface area contributed by atoms with Gasteiger partial charge in [0.15, 0.2) is 0 Å². The summed E-state index contributed by atoms with van der Waals surface area (Å²) in [6.45, 7) is 0. The summed E-state index contributed by atoms with van der Waals surface area (Å²) in [6.07, 6.45) is 6.31. The summed E-state index contributed by atoms with van der Waals surface area (Å²) in [5.41, 5.74) is 6.16. The van der Waals surface area contributed by atoms with Gasteiger partial charge in [-0.3, -0.25) is 9.59 Å². The molecule has 130 valence electrons. The Labute approximate surface area is 138 Å². The smallest absolute Gasteiger partial charge is 0.326 e. The molecule has 1 aromatic heterocycles. The van der Waals surface area contributed by atoms with Gasteiger partial charge in [-0.05, 0) is 18.4 Å². The molecule has 0 aliphatic heterocycles.